The van der Waals surface area contributed by atoms with Crippen molar-refractivity contribution < 1.29 is 4.74 Å². The van der Waals surface area contributed by atoms with Crippen molar-refractivity contribution in [2.75, 3.05) is 25.2 Å². The van der Waals surface area contributed by atoms with E-state index in [2.05, 4.69) is 28.7 Å². The molecule has 0 aliphatic rings. The van der Waals surface area contributed by atoms with Crippen molar-refractivity contribution in [1.29, 1.82) is 0 Å². The predicted molar refractivity (Wildman–Crippen MR) is 68.9 cm³/mol. The number of hydrogen-bond donors (Lipinski definition) is 1. The van der Waals surface area contributed by atoms with E-state index in [1.165, 1.54) is 0 Å². The molecule has 96 valence electrons. The first kappa shape index (κ1) is 13.9. The first-order valence-electron chi connectivity index (χ1n) is 6.00. The van der Waals surface area contributed by atoms with Gasteiger partial charge in [0.25, 0.3) is 0 Å². The standard InChI is InChI=1S/C12H22N4O/c1-4-10(2)16(7-8-17-3)12-11(9-13)14-5-6-15-12/h5-6,10H,4,7-9,13H2,1-3H3. The number of rotatable bonds is 7. The summed E-state index contributed by atoms with van der Waals surface area (Å²) in [5.74, 6) is 0.876. The van der Waals surface area contributed by atoms with Crippen LogP contribution in [0.4, 0.5) is 5.82 Å². The van der Waals surface area contributed by atoms with Gasteiger partial charge in [0.1, 0.15) is 0 Å². The molecule has 2 N–H and O–H groups in total. The Kier molecular flexibility index (Phi) is 5.86. The minimum absolute atomic E-state index is 0.396. The Morgan fingerprint density at radius 2 is 2.12 bits per heavy atom. The van der Waals surface area contributed by atoms with Crippen LogP contribution in [0, 0.1) is 0 Å². The van der Waals surface area contributed by atoms with Crippen LogP contribution in [-0.4, -0.2) is 36.3 Å². The summed E-state index contributed by atoms with van der Waals surface area (Å²) >= 11 is 0. The zero-order valence-electron chi connectivity index (χ0n) is 10.9. The van der Waals surface area contributed by atoms with Crippen LogP contribution >= 0.6 is 0 Å². The maximum absolute atomic E-state index is 5.70. The summed E-state index contributed by atoms with van der Waals surface area (Å²) < 4.78 is 5.14. The second-order valence-corrected chi connectivity index (χ2v) is 3.97. The topological polar surface area (TPSA) is 64.3 Å². The van der Waals surface area contributed by atoms with Gasteiger partial charge in [-0.1, -0.05) is 6.92 Å². The Hall–Kier alpha value is -1.20. The third-order valence-corrected chi connectivity index (χ3v) is 2.88. The number of nitrogens with zero attached hydrogens (tertiary/aromatic N) is 3. The molecular formula is C12H22N4O. The predicted octanol–water partition coefficient (Wildman–Crippen LogP) is 1.19. The number of nitrogens with two attached hydrogens (primary N) is 1. The van der Waals surface area contributed by atoms with E-state index in [4.69, 9.17) is 10.5 Å². The first-order chi connectivity index (χ1) is 8.24. The third kappa shape index (κ3) is 3.64. The Morgan fingerprint density at radius 1 is 1.41 bits per heavy atom. The van der Waals surface area contributed by atoms with E-state index in [9.17, 15) is 0 Å². The van der Waals surface area contributed by atoms with Crippen molar-refractivity contribution in [3.05, 3.63) is 18.1 Å². The summed E-state index contributed by atoms with van der Waals surface area (Å²) in [5.41, 5.74) is 6.54. The van der Waals surface area contributed by atoms with Crippen molar-refractivity contribution in [2.24, 2.45) is 5.73 Å². The van der Waals surface area contributed by atoms with Crippen molar-refractivity contribution in [2.45, 2.75) is 32.9 Å². The van der Waals surface area contributed by atoms with Crippen LogP contribution in [0.1, 0.15) is 26.0 Å². The third-order valence-electron chi connectivity index (χ3n) is 2.88. The van der Waals surface area contributed by atoms with Crippen LogP contribution in [0.5, 0.6) is 0 Å². The number of ether oxygens (including phenoxy) is 1. The molecule has 0 aliphatic heterocycles. The van der Waals surface area contributed by atoms with Gasteiger partial charge in [0.2, 0.25) is 0 Å². The second kappa shape index (κ2) is 7.19. The highest BCUT2D eigenvalue weighted by molar-refractivity contribution is 5.44. The fraction of sp³-hybridized carbons (Fsp3) is 0.667. The van der Waals surface area contributed by atoms with Crippen LogP contribution in [0.25, 0.3) is 0 Å². The molecule has 0 spiro atoms. The first-order valence-corrected chi connectivity index (χ1v) is 6.00. The molecule has 0 amide bonds. The van der Waals surface area contributed by atoms with Crippen LogP contribution in [0.2, 0.25) is 0 Å². The maximum atomic E-state index is 5.70. The average Bonchev–Trinajstić information content (AvgIpc) is 2.39. The number of anilines is 1. The van der Waals surface area contributed by atoms with Gasteiger partial charge in [0, 0.05) is 38.6 Å². The average molecular weight is 238 g/mol. The molecule has 0 saturated carbocycles. The minimum atomic E-state index is 0.396. The molecule has 1 aromatic heterocycles. The molecule has 0 aromatic carbocycles. The molecule has 1 unspecified atom stereocenters. The van der Waals surface area contributed by atoms with Gasteiger partial charge < -0.3 is 15.4 Å². The molecule has 5 heteroatoms. The van der Waals surface area contributed by atoms with Gasteiger partial charge >= 0.3 is 0 Å². The van der Waals surface area contributed by atoms with E-state index >= 15 is 0 Å². The molecule has 0 bridgehead atoms. The van der Waals surface area contributed by atoms with Crippen LogP contribution < -0.4 is 10.6 Å². The lowest BCUT2D eigenvalue weighted by Crippen LogP contribution is -2.37. The van der Waals surface area contributed by atoms with Gasteiger partial charge in [-0.15, -0.1) is 0 Å². The lowest BCUT2D eigenvalue weighted by molar-refractivity contribution is 0.203. The maximum Gasteiger partial charge on any atom is 0.151 e. The Balaban J connectivity index is 2.94. The van der Waals surface area contributed by atoms with Crippen LogP contribution in [0.3, 0.4) is 0 Å². The van der Waals surface area contributed by atoms with Gasteiger partial charge in [-0.25, -0.2) is 4.98 Å². The summed E-state index contributed by atoms with van der Waals surface area (Å²) in [5, 5.41) is 0. The highest BCUT2D eigenvalue weighted by Crippen LogP contribution is 2.18. The molecule has 0 fully saturated rings. The normalized spacial score (nSPS) is 12.5. The zero-order valence-corrected chi connectivity index (χ0v) is 10.9. The van der Waals surface area contributed by atoms with Crippen molar-refractivity contribution >= 4 is 5.82 Å². The molecule has 0 aliphatic carbocycles. The van der Waals surface area contributed by atoms with E-state index in [0.29, 0.717) is 19.2 Å². The van der Waals surface area contributed by atoms with E-state index in [-0.39, 0.29) is 0 Å². The molecule has 0 saturated heterocycles. The van der Waals surface area contributed by atoms with Crippen molar-refractivity contribution in [1.82, 2.24) is 9.97 Å². The fourth-order valence-corrected chi connectivity index (χ4v) is 1.69. The van der Waals surface area contributed by atoms with Gasteiger partial charge in [0.05, 0.1) is 12.3 Å². The summed E-state index contributed by atoms with van der Waals surface area (Å²) in [7, 11) is 1.70. The SMILES string of the molecule is CCC(C)N(CCOC)c1nccnc1CN. The molecule has 0 radical (unpaired) electrons. The highest BCUT2D eigenvalue weighted by atomic mass is 16.5. The van der Waals surface area contributed by atoms with E-state index < -0.39 is 0 Å². The molecule has 1 rings (SSSR count). The minimum Gasteiger partial charge on any atom is -0.383 e. The fourth-order valence-electron chi connectivity index (χ4n) is 1.69. The Morgan fingerprint density at radius 3 is 2.71 bits per heavy atom. The molecule has 5 nitrogen and oxygen atoms in total. The molecular weight excluding hydrogens is 216 g/mol. The smallest absolute Gasteiger partial charge is 0.151 e. The lowest BCUT2D eigenvalue weighted by Gasteiger charge is -2.30. The van der Waals surface area contributed by atoms with E-state index in [0.717, 1.165) is 24.5 Å². The number of methoxy groups -OCH3 is 1. The Bertz CT molecular complexity index is 332. The summed E-state index contributed by atoms with van der Waals surface area (Å²) in [6, 6.07) is 0.396. The second-order valence-electron chi connectivity index (χ2n) is 3.97. The quantitative estimate of drug-likeness (QED) is 0.773. The molecule has 17 heavy (non-hydrogen) atoms. The number of aromatic nitrogens is 2. The van der Waals surface area contributed by atoms with Crippen LogP contribution in [-0.2, 0) is 11.3 Å². The summed E-state index contributed by atoms with van der Waals surface area (Å²) in [6.45, 7) is 6.21. The molecule has 1 atom stereocenters. The number of hydrogen-bond acceptors (Lipinski definition) is 5. The van der Waals surface area contributed by atoms with E-state index in [1.54, 1.807) is 19.5 Å². The Labute approximate surface area is 103 Å². The highest BCUT2D eigenvalue weighted by Gasteiger charge is 2.17. The van der Waals surface area contributed by atoms with Gasteiger partial charge in [-0.2, -0.15) is 0 Å². The summed E-state index contributed by atoms with van der Waals surface area (Å²) in [4.78, 5) is 10.9. The monoisotopic (exact) mass is 238 g/mol. The zero-order chi connectivity index (χ0) is 12.7. The lowest BCUT2D eigenvalue weighted by atomic mass is 10.2. The van der Waals surface area contributed by atoms with Gasteiger partial charge in [-0.05, 0) is 13.3 Å². The summed E-state index contributed by atoms with van der Waals surface area (Å²) in [6.07, 6.45) is 4.43. The van der Waals surface area contributed by atoms with Gasteiger partial charge in [0.15, 0.2) is 5.82 Å². The largest absolute Gasteiger partial charge is 0.383 e. The van der Waals surface area contributed by atoms with Crippen molar-refractivity contribution in [3.63, 3.8) is 0 Å². The van der Waals surface area contributed by atoms with Crippen molar-refractivity contribution in [3.8, 4) is 0 Å². The van der Waals surface area contributed by atoms with Gasteiger partial charge in [-0.3, -0.25) is 4.98 Å². The molecule has 1 aromatic rings. The van der Waals surface area contributed by atoms with Crippen LogP contribution in [0.15, 0.2) is 12.4 Å². The molecule has 1 heterocycles. The van der Waals surface area contributed by atoms with E-state index in [1.807, 2.05) is 0 Å².